The molecule has 7 nitrogen and oxygen atoms in total. The first-order chi connectivity index (χ1) is 12.4. The number of amides is 2. The Bertz CT molecular complexity index is 770. The highest BCUT2D eigenvalue weighted by atomic mass is 16.5. The number of carbonyl (C=O) groups excluding carboxylic acids is 2. The van der Waals surface area contributed by atoms with Crippen LogP contribution in [0.1, 0.15) is 31.7 Å². The van der Waals surface area contributed by atoms with Crippen LogP contribution in [0.3, 0.4) is 0 Å². The van der Waals surface area contributed by atoms with E-state index in [4.69, 9.17) is 4.74 Å². The first-order valence-corrected chi connectivity index (χ1v) is 8.71. The molecule has 1 atom stereocenters. The molecule has 2 aromatic rings. The average molecular weight is 358 g/mol. The maximum absolute atomic E-state index is 12.1. The predicted molar refractivity (Wildman–Crippen MR) is 100 cm³/mol. The number of benzene rings is 1. The summed E-state index contributed by atoms with van der Waals surface area (Å²) < 4.78 is 7.31. The standard InChI is InChI=1S/C19H26N4O3/c1-5-26-17-9-7-6-8-16(17)21-19(25)11-18(24)20-14(3)12-23-15(4)10-13(2)22-23/h6-10,14H,5,11-12H2,1-4H3,(H,20,24)(H,21,25). The van der Waals surface area contributed by atoms with Crippen LogP contribution in [0.25, 0.3) is 0 Å². The molecule has 0 spiro atoms. The van der Waals surface area contributed by atoms with Crippen molar-refractivity contribution in [1.82, 2.24) is 15.1 Å². The third-order valence-corrected chi connectivity index (χ3v) is 3.74. The van der Waals surface area contributed by atoms with Crippen LogP contribution in [-0.2, 0) is 16.1 Å². The van der Waals surface area contributed by atoms with E-state index in [1.54, 1.807) is 18.2 Å². The molecule has 0 aliphatic rings. The van der Waals surface area contributed by atoms with E-state index >= 15 is 0 Å². The molecule has 0 aliphatic heterocycles. The summed E-state index contributed by atoms with van der Waals surface area (Å²) in [5, 5.41) is 9.92. The lowest BCUT2D eigenvalue weighted by atomic mass is 10.2. The highest BCUT2D eigenvalue weighted by Gasteiger charge is 2.15. The van der Waals surface area contributed by atoms with Crippen LogP contribution < -0.4 is 15.4 Å². The normalized spacial score (nSPS) is 11.7. The second-order valence-electron chi connectivity index (χ2n) is 6.23. The molecular formula is C19H26N4O3. The molecule has 0 aliphatic carbocycles. The van der Waals surface area contributed by atoms with Gasteiger partial charge in [-0.15, -0.1) is 0 Å². The summed E-state index contributed by atoms with van der Waals surface area (Å²) in [7, 11) is 0. The van der Waals surface area contributed by atoms with Crippen molar-refractivity contribution >= 4 is 17.5 Å². The Balaban J connectivity index is 1.85. The van der Waals surface area contributed by atoms with Gasteiger partial charge >= 0.3 is 0 Å². The van der Waals surface area contributed by atoms with E-state index in [0.29, 0.717) is 24.6 Å². The highest BCUT2D eigenvalue weighted by Crippen LogP contribution is 2.23. The predicted octanol–water partition coefficient (Wildman–Crippen LogP) is 2.43. The fourth-order valence-corrected chi connectivity index (χ4v) is 2.68. The zero-order chi connectivity index (χ0) is 19.1. The SMILES string of the molecule is CCOc1ccccc1NC(=O)CC(=O)NC(C)Cn1nc(C)cc1C. The first-order valence-electron chi connectivity index (χ1n) is 8.71. The van der Waals surface area contributed by atoms with Gasteiger partial charge in [0.1, 0.15) is 12.2 Å². The number of nitrogens with one attached hydrogen (secondary N) is 2. The molecule has 2 amide bonds. The monoisotopic (exact) mass is 358 g/mol. The number of anilines is 1. The minimum Gasteiger partial charge on any atom is -0.492 e. The number of para-hydroxylation sites is 2. The van der Waals surface area contributed by atoms with Crippen molar-refractivity contribution < 1.29 is 14.3 Å². The summed E-state index contributed by atoms with van der Waals surface area (Å²) >= 11 is 0. The maximum Gasteiger partial charge on any atom is 0.233 e. The zero-order valence-corrected chi connectivity index (χ0v) is 15.7. The topological polar surface area (TPSA) is 85.2 Å². The Morgan fingerprint density at radius 2 is 1.96 bits per heavy atom. The molecule has 0 radical (unpaired) electrons. The minimum atomic E-state index is -0.382. The molecule has 26 heavy (non-hydrogen) atoms. The number of nitrogens with zero attached hydrogens (tertiary/aromatic N) is 2. The molecule has 140 valence electrons. The lowest BCUT2D eigenvalue weighted by molar-refractivity contribution is -0.127. The Kier molecular flexibility index (Phi) is 6.77. The lowest BCUT2D eigenvalue weighted by Crippen LogP contribution is -2.37. The van der Waals surface area contributed by atoms with Gasteiger partial charge in [0, 0.05) is 11.7 Å². The van der Waals surface area contributed by atoms with Gasteiger partial charge in [0.2, 0.25) is 11.8 Å². The first kappa shape index (κ1) is 19.5. The molecular weight excluding hydrogens is 332 g/mol. The van der Waals surface area contributed by atoms with Gasteiger partial charge in [0.05, 0.1) is 24.5 Å². The van der Waals surface area contributed by atoms with Crippen molar-refractivity contribution in [2.75, 3.05) is 11.9 Å². The number of hydrogen-bond donors (Lipinski definition) is 2. The van der Waals surface area contributed by atoms with E-state index in [0.717, 1.165) is 11.4 Å². The molecule has 1 unspecified atom stereocenters. The minimum absolute atomic E-state index is 0.135. The second-order valence-corrected chi connectivity index (χ2v) is 6.23. The van der Waals surface area contributed by atoms with Gasteiger partial charge in [-0.1, -0.05) is 12.1 Å². The van der Waals surface area contributed by atoms with Gasteiger partial charge < -0.3 is 15.4 Å². The summed E-state index contributed by atoms with van der Waals surface area (Å²) in [6, 6.07) is 8.99. The summed E-state index contributed by atoms with van der Waals surface area (Å²) in [5.74, 6) is -0.125. The van der Waals surface area contributed by atoms with E-state index in [2.05, 4.69) is 15.7 Å². The van der Waals surface area contributed by atoms with Crippen molar-refractivity contribution in [3.63, 3.8) is 0 Å². The maximum atomic E-state index is 12.1. The molecule has 0 saturated carbocycles. The van der Waals surface area contributed by atoms with E-state index in [1.165, 1.54) is 0 Å². The number of carbonyl (C=O) groups is 2. The van der Waals surface area contributed by atoms with Gasteiger partial charge in [-0.25, -0.2) is 0 Å². The average Bonchev–Trinajstić information content (AvgIpc) is 2.86. The van der Waals surface area contributed by atoms with Crippen molar-refractivity contribution in [2.24, 2.45) is 0 Å². The Morgan fingerprint density at radius 3 is 2.62 bits per heavy atom. The fourth-order valence-electron chi connectivity index (χ4n) is 2.68. The van der Waals surface area contributed by atoms with Crippen molar-refractivity contribution in [3.8, 4) is 5.75 Å². The van der Waals surface area contributed by atoms with Crippen LogP contribution in [0.5, 0.6) is 5.75 Å². The third-order valence-electron chi connectivity index (χ3n) is 3.74. The van der Waals surface area contributed by atoms with Gasteiger partial charge in [-0.05, 0) is 45.9 Å². The third kappa shape index (κ3) is 5.61. The summed E-state index contributed by atoms with van der Waals surface area (Å²) in [6.07, 6.45) is -0.248. The van der Waals surface area contributed by atoms with Crippen LogP contribution >= 0.6 is 0 Å². The lowest BCUT2D eigenvalue weighted by Gasteiger charge is -2.15. The molecule has 2 N–H and O–H groups in total. The molecule has 1 aromatic carbocycles. The molecule has 1 heterocycles. The fraction of sp³-hybridized carbons (Fsp3) is 0.421. The molecule has 0 fully saturated rings. The van der Waals surface area contributed by atoms with Crippen LogP contribution in [0.4, 0.5) is 5.69 Å². The Labute approximate surface area is 153 Å². The number of ether oxygens (including phenoxy) is 1. The summed E-state index contributed by atoms with van der Waals surface area (Å²) in [5.41, 5.74) is 2.53. The van der Waals surface area contributed by atoms with E-state index in [9.17, 15) is 9.59 Å². The highest BCUT2D eigenvalue weighted by molar-refractivity contribution is 6.04. The zero-order valence-electron chi connectivity index (χ0n) is 15.7. The van der Waals surface area contributed by atoms with Crippen LogP contribution in [0.2, 0.25) is 0 Å². The number of hydrogen-bond acceptors (Lipinski definition) is 4. The second kappa shape index (κ2) is 9.03. The summed E-state index contributed by atoms with van der Waals surface area (Å²) in [4.78, 5) is 24.2. The molecule has 0 saturated heterocycles. The quantitative estimate of drug-likeness (QED) is 0.710. The number of aryl methyl sites for hydroxylation is 2. The van der Waals surface area contributed by atoms with Gasteiger partial charge in [-0.3, -0.25) is 14.3 Å². The van der Waals surface area contributed by atoms with E-state index in [-0.39, 0.29) is 24.3 Å². The smallest absolute Gasteiger partial charge is 0.233 e. The molecule has 2 rings (SSSR count). The summed E-state index contributed by atoms with van der Waals surface area (Å²) in [6.45, 7) is 8.71. The van der Waals surface area contributed by atoms with Crippen molar-refractivity contribution in [1.29, 1.82) is 0 Å². The van der Waals surface area contributed by atoms with Gasteiger partial charge in [-0.2, -0.15) is 5.10 Å². The van der Waals surface area contributed by atoms with E-state index in [1.807, 2.05) is 44.5 Å². The van der Waals surface area contributed by atoms with E-state index < -0.39 is 0 Å². The molecule has 1 aromatic heterocycles. The molecule has 0 bridgehead atoms. The van der Waals surface area contributed by atoms with Crippen LogP contribution in [-0.4, -0.2) is 34.2 Å². The number of aromatic nitrogens is 2. The number of rotatable bonds is 8. The Morgan fingerprint density at radius 1 is 1.23 bits per heavy atom. The van der Waals surface area contributed by atoms with Crippen LogP contribution in [0.15, 0.2) is 30.3 Å². The van der Waals surface area contributed by atoms with Crippen molar-refractivity contribution in [3.05, 3.63) is 41.7 Å². The van der Waals surface area contributed by atoms with Gasteiger partial charge in [0.25, 0.3) is 0 Å². The largest absolute Gasteiger partial charge is 0.492 e. The van der Waals surface area contributed by atoms with Crippen LogP contribution in [0, 0.1) is 13.8 Å². The van der Waals surface area contributed by atoms with Crippen molar-refractivity contribution in [2.45, 2.75) is 46.7 Å². The Hall–Kier alpha value is -2.83. The molecule has 7 heteroatoms. The van der Waals surface area contributed by atoms with Gasteiger partial charge in [0.15, 0.2) is 0 Å².